The molecule has 1 heterocycles. The largest absolute Gasteiger partial charge is 0.488 e. The van der Waals surface area contributed by atoms with Gasteiger partial charge in [-0.25, -0.2) is 0 Å². The molecule has 0 aromatic heterocycles. The Balaban J connectivity index is 2.11. The lowest BCUT2D eigenvalue weighted by Crippen LogP contribution is -2.06. The van der Waals surface area contributed by atoms with Crippen molar-refractivity contribution in [3.05, 3.63) is 53.1 Å². The zero-order chi connectivity index (χ0) is 12.5. The Morgan fingerprint density at radius 3 is 2.61 bits per heavy atom. The molecule has 0 unspecified atom stereocenters. The second kappa shape index (κ2) is 4.46. The Morgan fingerprint density at radius 2 is 1.83 bits per heavy atom. The molecule has 0 bridgehead atoms. The molecule has 0 aliphatic carbocycles. The van der Waals surface area contributed by atoms with Crippen molar-refractivity contribution in [2.45, 2.75) is 26.6 Å². The van der Waals surface area contributed by atoms with E-state index in [4.69, 9.17) is 9.84 Å². The molecule has 2 heteroatoms. The van der Waals surface area contributed by atoms with Gasteiger partial charge in [-0.2, -0.15) is 0 Å². The van der Waals surface area contributed by atoms with Crippen molar-refractivity contribution in [3.63, 3.8) is 0 Å². The lowest BCUT2D eigenvalue weighted by molar-refractivity contribution is 0.277. The summed E-state index contributed by atoms with van der Waals surface area (Å²) in [7, 11) is 0. The van der Waals surface area contributed by atoms with E-state index in [0.717, 1.165) is 23.3 Å². The van der Waals surface area contributed by atoms with E-state index in [1.807, 2.05) is 18.2 Å². The predicted molar refractivity (Wildman–Crippen MR) is 71.5 cm³/mol. The van der Waals surface area contributed by atoms with Gasteiger partial charge in [-0.05, 0) is 34.7 Å². The summed E-state index contributed by atoms with van der Waals surface area (Å²) in [6, 6.07) is 12.5. The van der Waals surface area contributed by atoms with Crippen molar-refractivity contribution in [3.8, 4) is 16.9 Å². The van der Waals surface area contributed by atoms with Gasteiger partial charge >= 0.3 is 0 Å². The van der Waals surface area contributed by atoms with E-state index < -0.39 is 0 Å². The highest BCUT2D eigenvalue weighted by atomic mass is 16.5. The minimum Gasteiger partial charge on any atom is -0.488 e. The summed E-state index contributed by atoms with van der Waals surface area (Å²) in [6.45, 7) is 2.83. The van der Waals surface area contributed by atoms with Crippen LogP contribution in [-0.2, 0) is 19.6 Å². The fraction of sp³-hybridized carbons (Fsp3) is 0.250. The fourth-order valence-corrected chi connectivity index (χ4v) is 2.41. The van der Waals surface area contributed by atoms with E-state index in [-0.39, 0.29) is 6.61 Å². The zero-order valence-corrected chi connectivity index (χ0v) is 10.4. The van der Waals surface area contributed by atoms with Gasteiger partial charge in [0.25, 0.3) is 0 Å². The Kier molecular flexibility index (Phi) is 2.80. The topological polar surface area (TPSA) is 29.5 Å². The van der Waals surface area contributed by atoms with Crippen molar-refractivity contribution in [2.75, 3.05) is 0 Å². The van der Waals surface area contributed by atoms with E-state index in [1.165, 1.54) is 16.7 Å². The normalized spacial score (nSPS) is 12.6. The summed E-state index contributed by atoms with van der Waals surface area (Å²) in [5, 5.41) is 9.15. The molecule has 0 atom stereocenters. The number of rotatable bonds is 2. The van der Waals surface area contributed by atoms with E-state index >= 15 is 0 Å². The van der Waals surface area contributed by atoms with Crippen LogP contribution in [0.15, 0.2) is 36.4 Å². The molecular weight excluding hydrogens is 224 g/mol. The van der Waals surface area contributed by atoms with Crippen LogP contribution in [0.3, 0.4) is 0 Å². The maximum atomic E-state index is 9.15. The summed E-state index contributed by atoms with van der Waals surface area (Å²) < 4.78 is 5.78. The highest BCUT2D eigenvalue weighted by Gasteiger charge is 2.17. The molecule has 18 heavy (non-hydrogen) atoms. The zero-order valence-electron chi connectivity index (χ0n) is 10.4. The van der Waals surface area contributed by atoms with Crippen LogP contribution >= 0.6 is 0 Å². The third kappa shape index (κ3) is 1.79. The standard InChI is InChI=1S/C16H16O2/c1-2-11-3-5-14-13(7-11)10-18-16-8-12(9-17)4-6-15(14)16/h3-8,17H,2,9-10H2,1H3. The van der Waals surface area contributed by atoms with Crippen LogP contribution in [0.5, 0.6) is 5.75 Å². The molecule has 1 aliphatic rings. The van der Waals surface area contributed by atoms with Gasteiger partial charge < -0.3 is 9.84 Å². The van der Waals surface area contributed by atoms with Gasteiger partial charge in [0.05, 0.1) is 6.61 Å². The average Bonchev–Trinajstić information content (AvgIpc) is 2.45. The molecule has 0 fully saturated rings. The van der Waals surface area contributed by atoms with Crippen molar-refractivity contribution in [2.24, 2.45) is 0 Å². The van der Waals surface area contributed by atoms with Gasteiger partial charge in [0.15, 0.2) is 0 Å². The maximum Gasteiger partial charge on any atom is 0.128 e. The smallest absolute Gasteiger partial charge is 0.128 e. The number of ether oxygens (including phenoxy) is 1. The molecule has 0 radical (unpaired) electrons. The van der Waals surface area contributed by atoms with Gasteiger partial charge in [-0.1, -0.05) is 37.3 Å². The molecule has 2 nitrogen and oxygen atoms in total. The van der Waals surface area contributed by atoms with Crippen molar-refractivity contribution < 1.29 is 9.84 Å². The molecule has 1 N–H and O–H groups in total. The van der Waals surface area contributed by atoms with Gasteiger partial charge in [-0.15, -0.1) is 0 Å². The lowest BCUT2D eigenvalue weighted by atomic mass is 9.94. The minimum atomic E-state index is 0.0538. The summed E-state index contributed by atoms with van der Waals surface area (Å²) >= 11 is 0. The van der Waals surface area contributed by atoms with Crippen molar-refractivity contribution in [1.82, 2.24) is 0 Å². The molecule has 2 aromatic carbocycles. The molecule has 0 saturated carbocycles. The third-order valence-electron chi connectivity index (χ3n) is 3.48. The van der Waals surface area contributed by atoms with E-state index in [2.05, 4.69) is 25.1 Å². The van der Waals surface area contributed by atoms with Crippen LogP contribution < -0.4 is 4.74 Å². The quantitative estimate of drug-likeness (QED) is 0.872. The van der Waals surface area contributed by atoms with Gasteiger partial charge in [0, 0.05) is 5.56 Å². The highest BCUT2D eigenvalue weighted by molar-refractivity contribution is 5.75. The molecule has 92 valence electrons. The van der Waals surface area contributed by atoms with Gasteiger partial charge in [-0.3, -0.25) is 0 Å². The Morgan fingerprint density at radius 1 is 1.06 bits per heavy atom. The van der Waals surface area contributed by atoms with E-state index in [0.29, 0.717) is 6.61 Å². The molecule has 2 aromatic rings. The number of hydrogen-bond donors (Lipinski definition) is 1. The lowest BCUT2D eigenvalue weighted by Gasteiger charge is -2.22. The summed E-state index contributed by atoms with van der Waals surface area (Å²) in [5.74, 6) is 0.873. The van der Waals surface area contributed by atoms with Gasteiger partial charge in [0.1, 0.15) is 12.4 Å². The number of hydrogen-bond acceptors (Lipinski definition) is 2. The maximum absolute atomic E-state index is 9.15. The Hall–Kier alpha value is -1.80. The molecule has 1 aliphatic heterocycles. The number of fused-ring (bicyclic) bond motifs is 3. The first-order valence-electron chi connectivity index (χ1n) is 6.30. The monoisotopic (exact) mass is 240 g/mol. The van der Waals surface area contributed by atoms with E-state index in [1.54, 1.807) is 0 Å². The summed E-state index contributed by atoms with van der Waals surface area (Å²) in [5.41, 5.74) is 5.85. The molecule has 3 rings (SSSR count). The summed E-state index contributed by atoms with van der Waals surface area (Å²) in [4.78, 5) is 0. The van der Waals surface area contributed by atoms with Crippen LogP contribution in [-0.4, -0.2) is 5.11 Å². The highest BCUT2D eigenvalue weighted by Crippen LogP contribution is 2.38. The molecule has 0 saturated heterocycles. The second-order valence-corrected chi connectivity index (χ2v) is 4.62. The Labute approximate surface area is 107 Å². The van der Waals surface area contributed by atoms with Crippen molar-refractivity contribution in [1.29, 1.82) is 0 Å². The second-order valence-electron chi connectivity index (χ2n) is 4.62. The number of aliphatic hydroxyl groups is 1. The first-order chi connectivity index (χ1) is 8.81. The van der Waals surface area contributed by atoms with Crippen LogP contribution in [0.25, 0.3) is 11.1 Å². The summed E-state index contributed by atoms with van der Waals surface area (Å²) in [6.07, 6.45) is 1.05. The van der Waals surface area contributed by atoms with Crippen molar-refractivity contribution >= 4 is 0 Å². The molecule has 0 amide bonds. The van der Waals surface area contributed by atoms with Crippen LogP contribution in [0, 0.1) is 0 Å². The van der Waals surface area contributed by atoms with E-state index in [9.17, 15) is 0 Å². The average molecular weight is 240 g/mol. The van der Waals surface area contributed by atoms with Crippen LogP contribution in [0.4, 0.5) is 0 Å². The predicted octanol–water partition coefficient (Wildman–Crippen LogP) is 3.30. The fourth-order valence-electron chi connectivity index (χ4n) is 2.41. The number of benzene rings is 2. The Bertz CT molecular complexity index is 534. The first-order valence-corrected chi connectivity index (χ1v) is 6.30. The number of aryl methyl sites for hydroxylation is 1. The van der Waals surface area contributed by atoms with Crippen LogP contribution in [0.1, 0.15) is 23.6 Å². The van der Waals surface area contributed by atoms with Crippen LogP contribution in [0.2, 0.25) is 0 Å². The number of aliphatic hydroxyl groups excluding tert-OH is 1. The van der Waals surface area contributed by atoms with Gasteiger partial charge in [0.2, 0.25) is 0 Å². The minimum absolute atomic E-state index is 0.0538. The SMILES string of the molecule is CCc1ccc2c(c1)COc1cc(CO)ccc1-2. The first kappa shape index (κ1) is 11.3. The molecule has 0 spiro atoms. The third-order valence-corrected chi connectivity index (χ3v) is 3.48. The molecular formula is C16H16O2.